The monoisotopic (exact) mass is 469 g/mol. The summed E-state index contributed by atoms with van der Waals surface area (Å²) in [5.41, 5.74) is 6.07. The lowest BCUT2D eigenvalue weighted by Gasteiger charge is -2.31. The molecule has 184 valence electrons. The van der Waals surface area contributed by atoms with Gasteiger partial charge in [-0.05, 0) is 46.1 Å². The molecule has 1 amide bonds. The number of Topliss-reactive ketones (excluding diaryl/α,β-unsaturated/α-hetero) is 1. The lowest BCUT2D eigenvalue weighted by atomic mass is 9.92. The van der Waals surface area contributed by atoms with Gasteiger partial charge in [0, 0.05) is 23.9 Å². The van der Waals surface area contributed by atoms with Crippen molar-refractivity contribution in [2.24, 2.45) is 17.6 Å². The summed E-state index contributed by atoms with van der Waals surface area (Å²) < 4.78 is 39.2. The van der Waals surface area contributed by atoms with Crippen LogP contribution < -0.4 is 11.1 Å². The summed E-state index contributed by atoms with van der Waals surface area (Å²) in [7, 11) is 0. The van der Waals surface area contributed by atoms with E-state index in [1.165, 1.54) is 27.7 Å². The number of amides is 1. The Morgan fingerprint density at radius 2 is 1.88 bits per heavy atom. The van der Waals surface area contributed by atoms with Gasteiger partial charge in [0.1, 0.15) is 23.7 Å². The zero-order valence-corrected chi connectivity index (χ0v) is 19.7. The van der Waals surface area contributed by atoms with E-state index in [2.05, 4.69) is 10.3 Å². The number of rotatable bonds is 11. The molecule has 0 saturated carbocycles. The summed E-state index contributed by atoms with van der Waals surface area (Å²) in [6.45, 7) is 8.42. The first-order chi connectivity index (χ1) is 15.4. The van der Waals surface area contributed by atoms with Crippen LogP contribution in [-0.2, 0) is 30.3 Å². The summed E-state index contributed by atoms with van der Waals surface area (Å²) in [5, 5.41) is 2.69. The Hall–Kier alpha value is -2.46. The van der Waals surface area contributed by atoms with E-state index >= 15 is 0 Å². The van der Waals surface area contributed by atoms with Gasteiger partial charge in [0.25, 0.3) is 0 Å². The van der Waals surface area contributed by atoms with Crippen LogP contribution in [0.1, 0.15) is 50.4 Å². The molecule has 10 heteroatoms. The lowest BCUT2D eigenvalue weighted by molar-refractivity contribution is -0.163. The molecule has 1 saturated heterocycles. The minimum atomic E-state index is -1.18. The third-order valence-electron chi connectivity index (χ3n) is 6.11. The molecule has 1 aromatic heterocycles. The van der Waals surface area contributed by atoms with Gasteiger partial charge in [-0.3, -0.25) is 9.59 Å². The SMILES string of the molecule is CC(=O)CC[C@H](Cc1c(F)nc(C)c(F)c1C)NC(=O)[C@@H](N)[C@@H](C)OC(=O)C(C)C1COC1. The lowest BCUT2D eigenvalue weighted by Crippen LogP contribution is -2.52. The third kappa shape index (κ3) is 7.01. The van der Waals surface area contributed by atoms with Gasteiger partial charge in [-0.2, -0.15) is 4.39 Å². The van der Waals surface area contributed by atoms with Gasteiger partial charge in [0.05, 0.1) is 24.8 Å². The third-order valence-corrected chi connectivity index (χ3v) is 6.11. The van der Waals surface area contributed by atoms with Crippen molar-refractivity contribution in [1.29, 1.82) is 0 Å². The van der Waals surface area contributed by atoms with Crippen LogP contribution in [0.5, 0.6) is 0 Å². The maximum Gasteiger partial charge on any atom is 0.309 e. The molecule has 1 aromatic rings. The number of carbonyl (C=O) groups excluding carboxylic acids is 3. The highest BCUT2D eigenvalue weighted by Crippen LogP contribution is 2.23. The zero-order valence-electron chi connectivity index (χ0n) is 19.7. The smallest absolute Gasteiger partial charge is 0.309 e. The number of aromatic nitrogens is 1. The molecule has 0 aliphatic carbocycles. The van der Waals surface area contributed by atoms with E-state index in [4.69, 9.17) is 15.2 Å². The normalized spacial score (nSPS) is 17.5. The van der Waals surface area contributed by atoms with Gasteiger partial charge >= 0.3 is 5.97 Å². The van der Waals surface area contributed by atoms with Crippen LogP contribution in [-0.4, -0.2) is 54.0 Å². The second-order valence-corrected chi connectivity index (χ2v) is 8.81. The molecule has 1 aliphatic heterocycles. The maximum absolute atomic E-state index is 14.4. The van der Waals surface area contributed by atoms with Crippen molar-refractivity contribution in [3.05, 3.63) is 28.6 Å². The van der Waals surface area contributed by atoms with Crippen molar-refractivity contribution in [3.63, 3.8) is 0 Å². The quantitative estimate of drug-likeness (QED) is 0.375. The van der Waals surface area contributed by atoms with E-state index in [-0.39, 0.29) is 53.7 Å². The molecule has 1 unspecified atom stereocenters. The number of nitrogens with one attached hydrogen (secondary N) is 1. The van der Waals surface area contributed by atoms with Gasteiger partial charge in [0.15, 0.2) is 0 Å². The molecule has 3 N–H and O–H groups in total. The van der Waals surface area contributed by atoms with E-state index in [1.807, 2.05) is 0 Å². The maximum atomic E-state index is 14.4. The predicted octanol–water partition coefficient (Wildman–Crippen LogP) is 1.91. The van der Waals surface area contributed by atoms with Crippen molar-refractivity contribution in [2.45, 2.75) is 72.1 Å². The van der Waals surface area contributed by atoms with Crippen LogP contribution in [0.4, 0.5) is 8.78 Å². The molecule has 8 nitrogen and oxygen atoms in total. The number of aryl methyl sites for hydroxylation is 1. The highest BCUT2D eigenvalue weighted by molar-refractivity contribution is 5.83. The number of nitrogens with two attached hydrogens (primary N) is 1. The Balaban J connectivity index is 2.07. The molecule has 0 radical (unpaired) electrons. The topological polar surface area (TPSA) is 121 Å². The van der Waals surface area contributed by atoms with Crippen molar-refractivity contribution in [2.75, 3.05) is 13.2 Å². The molecule has 4 atom stereocenters. The average Bonchev–Trinajstić information content (AvgIpc) is 2.70. The van der Waals surface area contributed by atoms with Gasteiger partial charge in [-0.1, -0.05) is 6.92 Å². The first-order valence-corrected chi connectivity index (χ1v) is 11.1. The molecule has 33 heavy (non-hydrogen) atoms. The first-order valence-electron chi connectivity index (χ1n) is 11.1. The predicted molar refractivity (Wildman–Crippen MR) is 116 cm³/mol. The summed E-state index contributed by atoms with van der Waals surface area (Å²) in [5.74, 6) is -2.95. The van der Waals surface area contributed by atoms with Crippen molar-refractivity contribution >= 4 is 17.7 Å². The number of ether oxygens (including phenoxy) is 2. The van der Waals surface area contributed by atoms with Gasteiger partial charge in [-0.25, -0.2) is 9.37 Å². The molecule has 1 aliphatic rings. The molecular weight excluding hydrogens is 436 g/mol. The van der Waals surface area contributed by atoms with Gasteiger partial charge < -0.3 is 25.3 Å². The Kier molecular flexibility index (Phi) is 9.42. The summed E-state index contributed by atoms with van der Waals surface area (Å²) in [4.78, 5) is 40.1. The number of esters is 1. The number of halogens is 2. The standard InChI is InChI=1S/C23H33F2N3O5/c1-11(29)6-7-17(8-18-13(3)19(24)14(4)27-21(18)25)28-22(30)20(26)15(5)33-23(31)12(2)16-9-32-10-16/h12,15-17,20H,6-10,26H2,1-5H3,(H,28,30)/t12?,15-,17-,20+/m1/s1. The molecule has 1 fully saturated rings. The van der Waals surface area contributed by atoms with E-state index in [0.29, 0.717) is 13.2 Å². The number of pyridine rings is 1. The van der Waals surface area contributed by atoms with Crippen LogP contribution in [0.2, 0.25) is 0 Å². The molecule has 2 heterocycles. The molecule has 0 bridgehead atoms. The summed E-state index contributed by atoms with van der Waals surface area (Å²) >= 11 is 0. The van der Waals surface area contributed by atoms with Gasteiger partial charge in [0.2, 0.25) is 11.9 Å². The summed E-state index contributed by atoms with van der Waals surface area (Å²) in [6, 6.07) is -1.88. The van der Waals surface area contributed by atoms with Crippen LogP contribution in [0.15, 0.2) is 0 Å². The Morgan fingerprint density at radius 3 is 2.42 bits per heavy atom. The second-order valence-electron chi connectivity index (χ2n) is 8.81. The highest BCUT2D eigenvalue weighted by atomic mass is 19.1. The number of ketones is 1. The molecule has 2 rings (SSSR count). The van der Waals surface area contributed by atoms with Crippen LogP contribution in [0.3, 0.4) is 0 Å². The summed E-state index contributed by atoms with van der Waals surface area (Å²) in [6.07, 6.45) is -0.643. The molecule has 0 aromatic carbocycles. The largest absolute Gasteiger partial charge is 0.460 e. The van der Waals surface area contributed by atoms with Crippen LogP contribution in [0, 0.1) is 37.4 Å². The fourth-order valence-corrected chi connectivity index (χ4v) is 3.52. The van der Waals surface area contributed by atoms with E-state index < -0.39 is 41.8 Å². The number of hydrogen-bond acceptors (Lipinski definition) is 7. The zero-order chi connectivity index (χ0) is 24.9. The second kappa shape index (κ2) is 11.6. The highest BCUT2D eigenvalue weighted by Gasteiger charge is 2.34. The van der Waals surface area contributed by atoms with E-state index in [9.17, 15) is 23.2 Å². The van der Waals surface area contributed by atoms with Crippen LogP contribution >= 0.6 is 0 Å². The number of carbonyl (C=O) groups is 3. The first kappa shape index (κ1) is 26.8. The Morgan fingerprint density at radius 1 is 1.24 bits per heavy atom. The van der Waals surface area contributed by atoms with E-state index in [1.54, 1.807) is 6.92 Å². The number of nitrogens with zero attached hydrogens (tertiary/aromatic N) is 1. The van der Waals surface area contributed by atoms with E-state index in [0.717, 1.165) is 0 Å². The minimum Gasteiger partial charge on any atom is -0.460 e. The van der Waals surface area contributed by atoms with Crippen molar-refractivity contribution in [1.82, 2.24) is 10.3 Å². The van der Waals surface area contributed by atoms with Crippen molar-refractivity contribution in [3.8, 4) is 0 Å². The fraction of sp³-hybridized carbons (Fsp3) is 0.652. The number of hydrogen-bond donors (Lipinski definition) is 2. The Labute approximate surface area is 192 Å². The average molecular weight is 470 g/mol. The molecular formula is C23H33F2N3O5. The van der Waals surface area contributed by atoms with Crippen LogP contribution in [0.25, 0.3) is 0 Å². The van der Waals surface area contributed by atoms with Crippen molar-refractivity contribution < 1.29 is 32.6 Å². The van der Waals surface area contributed by atoms with Gasteiger partial charge in [-0.15, -0.1) is 0 Å². The Bertz CT molecular complexity index is 891. The minimum absolute atomic E-state index is 0.0246. The fourth-order valence-electron chi connectivity index (χ4n) is 3.52. The molecule has 0 spiro atoms.